The van der Waals surface area contributed by atoms with Crippen LogP contribution in [0.5, 0.6) is 5.75 Å². The van der Waals surface area contributed by atoms with Crippen molar-refractivity contribution in [3.8, 4) is 5.75 Å². The van der Waals surface area contributed by atoms with E-state index in [4.69, 9.17) is 9.15 Å². The minimum absolute atomic E-state index is 0.00203. The molecule has 2 aromatic heterocycles. The molecule has 3 atom stereocenters. The Hall–Kier alpha value is -3.77. The van der Waals surface area contributed by atoms with Gasteiger partial charge in [-0.2, -0.15) is 4.31 Å². The Labute approximate surface area is 219 Å². The van der Waals surface area contributed by atoms with Crippen molar-refractivity contribution in [1.29, 1.82) is 0 Å². The van der Waals surface area contributed by atoms with Crippen molar-refractivity contribution in [3.05, 3.63) is 54.6 Å². The van der Waals surface area contributed by atoms with E-state index in [1.807, 2.05) is 6.92 Å². The Morgan fingerprint density at radius 3 is 2.79 bits per heavy atom. The summed E-state index contributed by atoms with van der Waals surface area (Å²) in [4.78, 5) is 44.9. The van der Waals surface area contributed by atoms with E-state index in [-0.39, 0.29) is 29.5 Å². The molecule has 2 saturated heterocycles. The van der Waals surface area contributed by atoms with Gasteiger partial charge in [0.1, 0.15) is 28.3 Å². The van der Waals surface area contributed by atoms with Gasteiger partial charge in [-0.25, -0.2) is 8.42 Å². The number of hydrogen-bond donors (Lipinski definition) is 1. The molecule has 1 N–H and O–H groups in total. The van der Waals surface area contributed by atoms with Crippen LogP contribution in [0.2, 0.25) is 0 Å². The van der Waals surface area contributed by atoms with Crippen molar-refractivity contribution >= 4 is 38.6 Å². The predicted molar refractivity (Wildman–Crippen MR) is 136 cm³/mol. The third-order valence-corrected chi connectivity index (χ3v) is 8.88. The summed E-state index contributed by atoms with van der Waals surface area (Å²) in [6.07, 6.45) is 3.98. The fourth-order valence-corrected chi connectivity index (χ4v) is 6.80. The van der Waals surface area contributed by atoms with E-state index in [0.717, 1.165) is 0 Å². The van der Waals surface area contributed by atoms with Crippen molar-refractivity contribution in [3.63, 3.8) is 0 Å². The number of aromatic nitrogens is 1. The highest BCUT2D eigenvalue weighted by atomic mass is 32.2. The molecule has 2 aliphatic rings. The van der Waals surface area contributed by atoms with Crippen molar-refractivity contribution < 1.29 is 32.0 Å². The fourth-order valence-electron chi connectivity index (χ4n) is 5.21. The molecule has 2 amide bonds. The Morgan fingerprint density at radius 2 is 2.08 bits per heavy atom. The van der Waals surface area contributed by atoms with Crippen LogP contribution in [0.15, 0.2) is 58.1 Å². The number of nitrogens with zero attached hydrogens (tertiary/aromatic N) is 3. The van der Waals surface area contributed by atoms with Gasteiger partial charge in [0.2, 0.25) is 15.9 Å². The molecule has 0 saturated carbocycles. The SMILES string of the molecule is CCCC(NC(=O)c1cc2cc(OC)ccc2o1)C(=O)N1CCC2C1C(=O)CN2S(=O)(=O)c1cccnc1. The van der Waals surface area contributed by atoms with E-state index in [1.165, 1.54) is 33.7 Å². The van der Waals surface area contributed by atoms with Crippen LogP contribution < -0.4 is 10.1 Å². The van der Waals surface area contributed by atoms with E-state index in [9.17, 15) is 22.8 Å². The van der Waals surface area contributed by atoms with Gasteiger partial charge >= 0.3 is 0 Å². The Morgan fingerprint density at radius 1 is 1.26 bits per heavy atom. The number of hydrogen-bond acceptors (Lipinski definition) is 8. The van der Waals surface area contributed by atoms with Crippen LogP contribution >= 0.6 is 0 Å². The summed E-state index contributed by atoms with van der Waals surface area (Å²) >= 11 is 0. The molecule has 0 radical (unpaired) electrons. The van der Waals surface area contributed by atoms with Crippen LogP contribution in [-0.4, -0.2) is 78.5 Å². The molecule has 1 aromatic carbocycles. The van der Waals surface area contributed by atoms with E-state index in [2.05, 4.69) is 10.3 Å². The highest BCUT2D eigenvalue weighted by Crippen LogP contribution is 2.34. The number of ether oxygens (including phenoxy) is 1. The van der Waals surface area contributed by atoms with E-state index in [0.29, 0.717) is 36.0 Å². The van der Waals surface area contributed by atoms with Gasteiger partial charge in [0, 0.05) is 24.3 Å². The number of carbonyl (C=O) groups is 3. The number of amides is 2. The maximum atomic E-state index is 13.6. The molecule has 2 fully saturated rings. The number of fused-ring (bicyclic) bond motifs is 2. The first-order valence-electron chi connectivity index (χ1n) is 12.4. The van der Waals surface area contributed by atoms with E-state index >= 15 is 0 Å². The summed E-state index contributed by atoms with van der Waals surface area (Å²) in [5, 5.41) is 3.44. The molecular weight excluding hydrogens is 512 g/mol. The Bertz CT molecular complexity index is 1490. The minimum Gasteiger partial charge on any atom is -0.497 e. The molecule has 38 heavy (non-hydrogen) atoms. The van der Waals surface area contributed by atoms with E-state index < -0.39 is 40.0 Å². The smallest absolute Gasteiger partial charge is 0.287 e. The highest BCUT2D eigenvalue weighted by molar-refractivity contribution is 7.89. The summed E-state index contributed by atoms with van der Waals surface area (Å²) in [5.74, 6) is -0.650. The van der Waals surface area contributed by atoms with Crippen LogP contribution in [-0.2, 0) is 19.6 Å². The summed E-state index contributed by atoms with van der Waals surface area (Å²) in [5.41, 5.74) is 0.503. The van der Waals surface area contributed by atoms with Gasteiger partial charge in [0.05, 0.1) is 19.7 Å². The Kier molecular flexibility index (Phi) is 6.93. The quantitative estimate of drug-likeness (QED) is 0.458. The molecule has 0 bridgehead atoms. The lowest BCUT2D eigenvalue weighted by Crippen LogP contribution is -2.52. The first-order valence-corrected chi connectivity index (χ1v) is 13.8. The number of furan rings is 1. The minimum atomic E-state index is -3.96. The first kappa shape index (κ1) is 25.9. The van der Waals surface area contributed by atoms with Gasteiger partial charge in [0.15, 0.2) is 11.5 Å². The molecule has 200 valence electrons. The number of methoxy groups -OCH3 is 1. The molecule has 3 unspecified atom stereocenters. The number of ketones is 1. The number of pyridine rings is 1. The molecular formula is C26H28N4O7S. The lowest BCUT2D eigenvalue weighted by Gasteiger charge is -2.28. The first-order chi connectivity index (χ1) is 18.2. The van der Waals surface area contributed by atoms with Gasteiger partial charge in [-0.3, -0.25) is 19.4 Å². The molecule has 3 aromatic rings. The number of Topliss-reactive ketones (excluding diaryl/α,β-unsaturated/α-hetero) is 1. The number of sulfonamides is 1. The molecule has 5 rings (SSSR count). The third-order valence-electron chi connectivity index (χ3n) is 7.03. The monoisotopic (exact) mass is 540 g/mol. The van der Waals surface area contributed by atoms with Gasteiger partial charge in [-0.1, -0.05) is 13.3 Å². The number of rotatable bonds is 8. The second kappa shape index (κ2) is 10.2. The maximum absolute atomic E-state index is 13.6. The maximum Gasteiger partial charge on any atom is 0.287 e. The zero-order valence-corrected chi connectivity index (χ0v) is 21.8. The summed E-state index contributed by atoms with van der Waals surface area (Å²) in [6.45, 7) is 1.78. The van der Waals surface area contributed by atoms with Crippen LogP contribution in [0.4, 0.5) is 0 Å². The second-order valence-corrected chi connectivity index (χ2v) is 11.3. The average Bonchev–Trinajstić information content (AvgIpc) is 3.63. The molecule has 12 heteroatoms. The third kappa shape index (κ3) is 4.54. The number of nitrogens with one attached hydrogen (secondary N) is 1. The number of likely N-dealkylation sites (tertiary alicyclic amines) is 1. The molecule has 11 nitrogen and oxygen atoms in total. The summed E-state index contributed by atoms with van der Waals surface area (Å²) in [7, 11) is -2.41. The zero-order valence-electron chi connectivity index (χ0n) is 21.0. The zero-order chi connectivity index (χ0) is 27.0. The molecule has 2 aliphatic heterocycles. The van der Waals surface area contributed by atoms with Crippen molar-refractivity contribution in [2.75, 3.05) is 20.2 Å². The van der Waals surface area contributed by atoms with Gasteiger partial charge in [0.25, 0.3) is 5.91 Å². The average molecular weight is 541 g/mol. The molecule has 0 spiro atoms. The van der Waals surface area contributed by atoms with Crippen molar-refractivity contribution in [2.24, 2.45) is 0 Å². The van der Waals surface area contributed by atoms with Crippen LogP contribution in [0.1, 0.15) is 36.7 Å². The van der Waals surface area contributed by atoms with Gasteiger partial charge in [-0.15, -0.1) is 0 Å². The van der Waals surface area contributed by atoms with Crippen molar-refractivity contribution in [1.82, 2.24) is 19.5 Å². The van der Waals surface area contributed by atoms with Gasteiger partial charge < -0.3 is 19.4 Å². The normalized spacial score (nSPS) is 20.5. The highest BCUT2D eigenvalue weighted by Gasteiger charge is 2.54. The number of carbonyl (C=O) groups excluding carboxylic acids is 3. The van der Waals surface area contributed by atoms with E-state index in [1.54, 1.807) is 31.4 Å². The van der Waals surface area contributed by atoms with Crippen LogP contribution in [0.3, 0.4) is 0 Å². The van der Waals surface area contributed by atoms with Crippen LogP contribution in [0, 0.1) is 0 Å². The lowest BCUT2D eigenvalue weighted by atomic mass is 10.1. The van der Waals surface area contributed by atoms with Crippen molar-refractivity contribution in [2.45, 2.75) is 49.2 Å². The topological polar surface area (TPSA) is 139 Å². The summed E-state index contributed by atoms with van der Waals surface area (Å²) < 4.78 is 38.5. The largest absolute Gasteiger partial charge is 0.497 e. The van der Waals surface area contributed by atoms with Gasteiger partial charge in [-0.05, 0) is 49.2 Å². The Balaban J connectivity index is 1.34. The summed E-state index contributed by atoms with van der Waals surface area (Å²) in [6, 6.07) is 7.22. The second-order valence-electron chi connectivity index (χ2n) is 9.37. The fraction of sp³-hybridized carbons (Fsp3) is 0.385. The van der Waals surface area contributed by atoms with Crippen LogP contribution in [0.25, 0.3) is 11.0 Å². The lowest BCUT2D eigenvalue weighted by molar-refractivity contribution is -0.138. The standard InChI is InChI=1S/C26H28N4O7S/c1-3-5-19(28-25(32)23-13-16-12-17(36-2)7-8-22(16)37-23)26(33)29-11-9-20-24(29)21(31)15-30(20)38(34,35)18-6-4-10-27-14-18/h4,6-8,10,12-14,19-20,24H,3,5,9,11,15H2,1-2H3,(H,28,32). The predicted octanol–water partition coefficient (Wildman–Crippen LogP) is 1.98. The molecule has 4 heterocycles. The molecule has 0 aliphatic carbocycles. The number of benzene rings is 1.